The van der Waals surface area contributed by atoms with Gasteiger partial charge in [0.2, 0.25) is 0 Å². The molecule has 0 unspecified atom stereocenters. The smallest absolute Gasteiger partial charge is 0.344 e. The second-order valence-corrected chi connectivity index (χ2v) is 8.11. The summed E-state index contributed by atoms with van der Waals surface area (Å²) >= 11 is 0. The van der Waals surface area contributed by atoms with Gasteiger partial charge in [-0.1, -0.05) is 18.6 Å². The van der Waals surface area contributed by atoms with Crippen molar-refractivity contribution in [3.63, 3.8) is 0 Å². The van der Waals surface area contributed by atoms with Crippen LogP contribution >= 0.6 is 12.4 Å². The number of benzene rings is 2. The Morgan fingerprint density at radius 2 is 1.53 bits per heavy atom. The SMILES string of the molecule is C[C@H](NC(=O)c1ccc(C(=N)N)cc1)C(=O)c1ccc(OCC(=O)OC2CCCCC2)cc1.Cl. The van der Waals surface area contributed by atoms with E-state index in [4.69, 9.17) is 20.6 Å². The minimum Gasteiger partial charge on any atom is -0.482 e. The van der Waals surface area contributed by atoms with E-state index in [9.17, 15) is 14.4 Å². The highest BCUT2D eigenvalue weighted by Crippen LogP contribution is 2.20. The van der Waals surface area contributed by atoms with Crippen LogP contribution in [0.4, 0.5) is 0 Å². The van der Waals surface area contributed by atoms with Crippen LogP contribution in [0.25, 0.3) is 0 Å². The van der Waals surface area contributed by atoms with E-state index in [0.717, 1.165) is 25.7 Å². The number of nitrogens with one attached hydrogen (secondary N) is 2. The topological polar surface area (TPSA) is 132 Å². The first-order chi connectivity index (χ1) is 15.8. The van der Waals surface area contributed by atoms with E-state index in [-0.39, 0.29) is 36.7 Å². The Balaban J connectivity index is 0.00000408. The Kier molecular flexibility index (Phi) is 10.1. The van der Waals surface area contributed by atoms with Gasteiger partial charge in [-0.25, -0.2) is 4.79 Å². The van der Waals surface area contributed by atoms with Crippen molar-refractivity contribution in [3.8, 4) is 5.75 Å². The largest absolute Gasteiger partial charge is 0.482 e. The van der Waals surface area contributed by atoms with Crippen LogP contribution < -0.4 is 15.8 Å². The summed E-state index contributed by atoms with van der Waals surface area (Å²) in [6, 6.07) is 11.9. The van der Waals surface area contributed by atoms with Gasteiger partial charge in [-0.3, -0.25) is 15.0 Å². The van der Waals surface area contributed by atoms with Gasteiger partial charge in [-0.05, 0) is 69.0 Å². The number of ketones is 1. The number of esters is 1. The van der Waals surface area contributed by atoms with Crippen molar-refractivity contribution in [1.82, 2.24) is 5.32 Å². The number of nitrogens with two attached hydrogens (primary N) is 1. The van der Waals surface area contributed by atoms with E-state index >= 15 is 0 Å². The van der Waals surface area contributed by atoms with Crippen LogP contribution in [0.15, 0.2) is 48.5 Å². The predicted molar refractivity (Wildman–Crippen MR) is 131 cm³/mol. The molecule has 2 aromatic rings. The third-order valence-corrected chi connectivity index (χ3v) is 5.54. The molecule has 4 N–H and O–H groups in total. The number of Topliss-reactive ketones (excluding diaryl/α,β-unsaturated/α-hetero) is 1. The maximum atomic E-state index is 12.7. The number of nitrogen functional groups attached to an aromatic ring is 1. The summed E-state index contributed by atoms with van der Waals surface area (Å²) in [5, 5.41) is 10.1. The molecule has 1 aliphatic carbocycles. The van der Waals surface area contributed by atoms with Crippen molar-refractivity contribution in [1.29, 1.82) is 5.41 Å². The number of rotatable bonds is 9. The van der Waals surface area contributed by atoms with Gasteiger partial charge in [0.1, 0.15) is 17.7 Å². The molecule has 1 amide bonds. The van der Waals surface area contributed by atoms with Crippen LogP contribution in [0, 0.1) is 5.41 Å². The number of halogens is 1. The van der Waals surface area contributed by atoms with Crippen molar-refractivity contribution >= 4 is 35.9 Å². The Hall–Kier alpha value is -3.39. The third-order valence-electron chi connectivity index (χ3n) is 5.54. The zero-order valence-electron chi connectivity index (χ0n) is 19.0. The van der Waals surface area contributed by atoms with Gasteiger partial charge in [0, 0.05) is 16.7 Å². The molecule has 0 bridgehead atoms. The number of hydrogen-bond acceptors (Lipinski definition) is 6. The highest BCUT2D eigenvalue weighted by atomic mass is 35.5. The van der Waals surface area contributed by atoms with Crippen molar-refractivity contribution < 1.29 is 23.9 Å². The van der Waals surface area contributed by atoms with Crippen molar-refractivity contribution in [2.24, 2.45) is 5.73 Å². The summed E-state index contributed by atoms with van der Waals surface area (Å²) in [7, 11) is 0. The van der Waals surface area contributed by atoms with E-state index in [1.165, 1.54) is 6.42 Å². The fourth-order valence-electron chi connectivity index (χ4n) is 3.66. The lowest BCUT2D eigenvalue weighted by Crippen LogP contribution is -2.38. The first-order valence-electron chi connectivity index (χ1n) is 11.1. The Bertz CT molecular complexity index is 1000. The molecule has 0 radical (unpaired) electrons. The summed E-state index contributed by atoms with van der Waals surface area (Å²) < 4.78 is 10.9. The molecule has 1 atom stereocenters. The number of hydrogen-bond donors (Lipinski definition) is 3. The van der Waals surface area contributed by atoms with Crippen LogP contribution in [0.2, 0.25) is 0 Å². The number of amidine groups is 1. The molecule has 34 heavy (non-hydrogen) atoms. The lowest BCUT2D eigenvalue weighted by molar-refractivity contribution is -0.152. The van der Waals surface area contributed by atoms with Gasteiger partial charge in [-0.15, -0.1) is 12.4 Å². The third kappa shape index (κ3) is 7.59. The van der Waals surface area contributed by atoms with Crippen molar-refractivity contribution in [2.45, 2.75) is 51.2 Å². The summed E-state index contributed by atoms with van der Waals surface area (Å²) in [5.41, 5.74) is 6.70. The van der Waals surface area contributed by atoms with Gasteiger partial charge in [0.15, 0.2) is 12.4 Å². The zero-order valence-corrected chi connectivity index (χ0v) is 19.9. The Morgan fingerprint density at radius 1 is 0.971 bits per heavy atom. The molecule has 1 fully saturated rings. The lowest BCUT2D eigenvalue weighted by Gasteiger charge is -2.21. The molecule has 3 rings (SSSR count). The average Bonchev–Trinajstić information content (AvgIpc) is 2.83. The number of carbonyl (C=O) groups excluding carboxylic acids is 3. The highest BCUT2D eigenvalue weighted by molar-refractivity contribution is 6.04. The van der Waals surface area contributed by atoms with Crippen LogP contribution in [0.3, 0.4) is 0 Å². The number of ether oxygens (including phenoxy) is 2. The first kappa shape index (κ1) is 26.9. The van der Waals surface area contributed by atoms with Gasteiger partial charge in [0.25, 0.3) is 5.91 Å². The van der Waals surface area contributed by atoms with E-state index in [0.29, 0.717) is 22.4 Å². The second-order valence-electron chi connectivity index (χ2n) is 8.11. The normalized spacial score (nSPS) is 14.3. The van der Waals surface area contributed by atoms with E-state index in [1.54, 1.807) is 55.5 Å². The molecule has 0 saturated heterocycles. The van der Waals surface area contributed by atoms with E-state index in [1.807, 2.05) is 0 Å². The molecule has 1 saturated carbocycles. The maximum Gasteiger partial charge on any atom is 0.344 e. The quantitative estimate of drug-likeness (QED) is 0.214. The summed E-state index contributed by atoms with van der Waals surface area (Å²) in [6.07, 6.45) is 5.14. The second kappa shape index (κ2) is 12.7. The molecule has 9 heteroatoms. The van der Waals surface area contributed by atoms with Crippen LogP contribution in [0.5, 0.6) is 5.75 Å². The molecule has 0 spiro atoms. The fraction of sp³-hybridized carbons (Fsp3) is 0.360. The summed E-state index contributed by atoms with van der Waals surface area (Å²) in [6.45, 7) is 1.43. The maximum absolute atomic E-state index is 12.7. The molecular weight excluding hydrogens is 458 g/mol. The highest BCUT2D eigenvalue weighted by Gasteiger charge is 2.20. The number of amides is 1. The lowest BCUT2D eigenvalue weighted by atomic mass is 9.98. The van der Waals surface area contributed by atoms with E-state index in [2.05, 4.69) is 5.32 Å². The zero-order chi connectivity index (χ0) is 23.8. The van der Waals surface area contributed by atoms with E-state index < -0.39 is 17.9 Å². The standard InChI is InChI=1S/C25H29N3O5.ClH/c1-16(28-25(31)19-9-7-18(8-10-19)24(26)27)23(30)17-11-13-20(14-12-17)32-15-22(29)33-21-5-3-2-4-6-21;/h7-14,16,21H,2-6,15H2,1H3,(H3,26,27)(H,28,31);1H/t16-;/m0./s1. The van der Waals surface area contributed by atoms with Crippen LogP contribution in [0.1, 0.15) is 65.3 Å². The van der Waals surface area contributed by atoms with Crippen LogP contribution in [-0.2, 0) is 9.53 Å². The minimum absolute atomic E-state index is 0. The van der Waals surface area contributed by atoms with Gasteiger partial charge in [0.05, 0.1) is 6.04 Å². The van der Waals surface area contributed by atoms with Crippen molar-refractivity contribution in [3.05, 3.63) is 65.2 Å². The number of carbonyl (C=O) groups is 3. The fourth-order valence-corrected chi connectivity index (χ4v) is 3.66. The van der Waals surface area contributed by atoms with Gasteiger partial charge < -0.3 is 20.5 Å². The predicted octanol–water partition coefficient (Wildman–Crippen LogP) is 3.65. The molecule has 2 aromatic carbocycles. The summed E-state index contributed by atoms with van der Waals surface area (Å²) in [4.78, 5) is 37.0. The molecule has 0 heterocycles. The summed E-state index contributed by atoms with van der Waals surface area (Å²) in [5.74, 6) is -0.683. The molecule has 8 nitrogen and oxygen atoms in total. The van der Waals surface area contributed by atoms with Gasteiger partial charge >= 0.3 is 5.97 Å². The molecular formula is C25H30ClN3O5. The monoisotopic (exact) mass is 487 g/mol. The Morgan fingerprint density at radius 3 is 2.12 bits per heavy atom. The Labute approximate surface area is 205 Å². The molecule has 1 aliphatic rings. The molecule has 182 valence electrons. The van der Waals surface area contributed by atoms with Gasteiger partial charge in [-0.2, -0.15) is 0 Å². The minimum atomic E-state index is -0.748. The first-order valence-corrected chi connectivity index (χ1v) is 11.1. The molecule has 0 aromatic heterocycles. The van der Waals surface area contributed by atoms with Crippen molar-refractivity contribution in [2.75, 3.05) is 6.61 Å². The molecule has 0 aliphatic heterocycles. The van der Waals surface area contributed by atoms with Crippen LogP contribution in [-0.4, -0.2) is 42.2 Å². The average molecular weight is 488 g/mol.